The molecule has 0 saturated heterocycles. The molecule has 0 saturated carbocycles. The van der Waals surface area contributed by atoms with Crippen LogP contribution < -0.4 is 10.6 Å². The summed E-state index contributed by atoms with van der Waals surface area (Å²) in [6.07, 6.45) is 1.05. The van der Waals surface area contributed by atoms with Crippen LogP contribution in [0.3, 0.4) is 0 Å². The van der Waals surface area contributed by atoms with E-state index < -0.39 is 15.7 Å². The molecule has 1 aromatic carbocycles. The van der Waals surface area contributed by atoms with Crippen LogP contribution in [0.4, 0.5) is 10.1 Å². The zero-order valence-electron chi connectivity index (χ0n) is 11.1. The quantitative estimate of drug-likeness (QED) is 0.696. The molecule has 0 aromatic heterocycles. The van der Waals surface area contributed by atoms with Crippen molar-refractivity contribution in [2.24, 2.45) is 0 Å². The molecule has 0 amide bonds. The van der Waals surface area contributed by atoms with Gasteiger partial charge in [-0.25, -0.2) is 12.8 Å². The van der Waals surface area contributed by atoms with Gasteiger partial charge in [0.1, 0.15) is 5.82 Å². The highest BCUT2D eigenvalue weighted by molar-refractivity contribution is 7.90. The maximum absolute atomic E-state index is 13.6. The standard InChI is InChI=1S/C12H19FN2O3S/c1-18-8-7-14-5-6-15-12-4-3-10(9-11(12)13)19(2,16)17/h3-4,9,14-15H,5-8H2,1-2H3. The van der Waals surface area contributed by atoms with E-state index in [0.29, 0.717) is 25.4 Å². The summed E-state index contributed by atoms with van der Waals surface area (Å²) in [5, 5.41) is 6.00. The number of benzene rings is 1. The van der Waals surface area contributed by atoms with Crippen LogP contribution in [-0.4, -0.2) is 48.0 Å². The van der Waals surface area contributed by atoms with Gasteiger partial charge in [0.25, 0.3) is 0 Å². The molecule has 0 heterocycles. The second-order valence-corrected chi connectivity index (χ2v) is 6.10. The summed E-state index contributed by atoms with van der Waals surface area (Å²) >= 11 is 0. The summed E-state index contributed by atoms with van der Waals surface area (Å²) in [5.74, 6) is -0.570. The van der Waals surface area contributed by atoms with Crippen LogP contribution in [0.5, 0.6) is 0 Å². The van der Waals surface area contributed by atoms with Gasteiger partial charge in [0.15, 0.2) is 9.84 Å². The van der Waals surface area contributed by atoms with Gasteiger partial charge in [-0.1, -0.05) is 0 Å². The van der Waals surface area contributed by atoms with E-state index in [4.69, 9.17) is 4.74 Å². The minimum Gasteiger partial charge on any atom is -0.383 e. The van der Waals surface area contributed by atoms with Crippen molar-refractivity contribution in [2.45, 2.75) is 4.90 Å². The average Bonchev–Trinajstić information content (AvgIpc) is 2.34. The van der Waals surface area contributed by atoms with Crippen LogP contribution in [0.25, 0.3) is 0 Å². The minimum atomic E-state index is -3.37. The summed E-state index contributed by atoms with van der Waals surface area (Å²) in [7, 11) is -1.75. The zero-order valence-corrected chi connectivity index (χ0v) is 11.9. The highest BCUT2D eigenvalue weighted by atomic mass is 32.2. The smallest absolute Gasteiger partial charge is 0.175 e. The molecule has 7 heteroatoms. The molecule has 0 spiro atoms. The number of halogens is 1. The van der Waals surface area contributed by atoms with Gasteiger partial charge in [-0.2, -0.15) is 0 Å². The second-order valence-electron chi connectivity index (χ2n) is 4.08. The lowest BCUT2D eigenvalue weighted by molar-refractivity contribution is 0.200. The molecule has 0 radical (unpaired) electrons. The number of hydrogen-bond acceptors (Lipinski definition) is 5. The van der Waals surface area contributed by atoms with Crippen LogP contribution in [0.15, 0.2) is 23.1 Å². The van der Waals surface area contributed by atoms with Gasteiger partial charge in [0, 0.05) is 33.0 Å². The van der Waals surface area contributed by atoms with E-state index in [2.05, 4.69) is 10.6 Å². The first-order chi connectivity index (χ1) is 8.95. The molecule has 0 unspecified atom stereocenters. The molecule has 0 bridgehead atoms. The number of hydrogen-bond donors (Lipinski definition) is 2. The van der Waals surface area contributed by atoms with E-state index in [1.54, 1.807) is 7.11 Å². The van der Waals surface area contributed by atoms with Gasteiger partial charge >= 0.3 is 0 Å². The summed E-state index contributed by atoms with van der Waals surface area (Å²) in [4.78, 5) is -0.0197. The summed E-state index contributed by atoms with van der Waals surface area (Å²) < 4.78 is 41.0. The van der Waals surface area contributed by atoms with Gasteiger partial charge in [-0.3, -0.25) is 0 Å². The SMILES string of the molecule is COCCNCCNc1ccc(S(C)(=O)=O)cc1F. The Balaban J connectivity index is 2.47. The Kier molecular flexibility index (Phi) is 6.20. The predicted molar refractivity (Wildman–Crippen MR) is 72.7 cm³/mol. The van der Waals surface area contributed by atoms with E-state index in [1.807, 2.05) is 0 Å². The van der Waals surface area contributed by atoms with Crippen molar-refractivity contribution in [2.75, 3.05) is 44.9 Å². The second kappa shape index (κ2) is 7.42. The van der Waals surface area contributed by atoms with Crippen LogP contribution in [-0.2, 0) is 14.6 Å². The molecule has 1 rings (SSSR count). The van der Waals surface area contributed by atoms with Crippen LogP contribution in [0, 0.1) is 5.82 Å². The van der Waals surface area contributed by atoms with Gasteiger partial charge in [0.05, 0.1) is 17.2 Å². The monoisotopic (exact) mass is 290 g/mol. The fourth-order valence-electron chi connectivity index (χ4n) is 1.45. The third-order valence-electron chi connectivity index (χ3n) is 2.47. The third-order valence-corrected chi connectivity index (χ3v) is 3.58. The topological polar surface area (TPSA) is 67.4 Å². The van der Waals surface area contributed by atoms with E-state index in [-0.39, 0.29) is 4.90 Å². The van der Waals surface area contributed by atoms with Crippen LogP contribution in [0.1, 0.15) is 0 Å². The predicted octanol–water partition coefficient (Wildman–Crippen LogP) is 0.877. The van der Waals surface area contributed by atoms with E-state index in [1.165, 1.54) is 12.1 Å². The first-order valence-electron chi connectivity index (χ1n) is 5.88. The highest BCUT2D eigenvalue weighted by Crippen LogP contribution is 2.18. The molecule has 2 N–H and O–H groups in total. The van der Waals surface area contributed by atoms with Crippen molar-refractivity contribution < 1.29 is 17.5 Å². The van der Waals surface area contributed by atoms with Crippen molar-refractivity contribution in [1.29, 1.82) is 0 Å². The Labute approximate surface area is 113 Å². The van der Waals surface area contributed by atoms with Gasteiger partial charge in [-0.05, 0) is 18.2 Å². The Morgan fingerprint density at radius 3 is 2.58 bits per heavy atom. The Hall–Kier alpha value is -1.18. The van der Waals surface area contributed by atoms with E-state index in [9.17, 15) is 12.8 Å². The number of nitrogens with one attached hydrogen (secondary N) is 2. The molecule has 19 heavy (non-hydrogen) atoms. The maximum Gasteiger partial charge on any atom is 0.175 e. The number of ether oxygens (including phenoxy) is 1. The van der Waals surface area contributed by atoms with Crippen molar-refractivity contribution in [3.8, 4) is 0 Å². The molecule has 0 aliphatic carbocycles. The fourth-order valence-corrected chi connectivity index (χ4v) is 2.09. The average molecular weight is 290 g/mol. The van der Waals surface area contributed by atoms with Crippen LogP contribution in [0.2, 0.25) is 0 Å². The Morgan fingerprint density at radius 1 is 1.26 bits per heavy atom. The van der Waals surface area contributed by atoms with E-state index in [0.717, 1.165) is 18.9 Å². The van der Waals surface area contributed by atoms with Crippen molar-refractivity contribution in [1.82, 2.24) is 5.32 Å². The number of anilines is 1. The summed E-state index contributed by atoms with van der Waals surface area (Å²) in [6, 6.07) is 3.84. The summed E-state index contributed by atoms with van der Waals surface area (Å²) in [5.41, 5.74) is 0.293. The number of sulfone groups is 1. The maximum atomic E-state index is 13.6. The van der Waals surface area contributed by atoms with Crippen LogP contribution >= 0.6 is 0 Å². The molecule has 5 nitrogen and oxygen atoms in total. The number of rotatable bonds is 8. The minimum absolute atomic E-state index is 0.0197. The lowest BCUT2D eigenvalue weighted by atomic mass is 10.3. The molecule has 0 aliphatic rings. The molecular formula is C12H19FN2O3S. The lowest BCUT2D eigenvalue weighted by Crippen LogP contribution is -2.25. The first kappa shape index (κ1) is 15.9. The highest BCUT2D eigenvalue weighted by Gasteiger charge is 2.10. The molecule has 1 aromatic rings. The van der Waals surface area contributed by atoms with E-state index >= 15 is 0 Å². The molecule has 0 fully saturated rings. The van der Waals surface area contributed by atoms with Gasteiger partial charge in [0.2, 0.25) is 0 Å². The molecule has 108 valence electrons. The largest absolute Gasteiger partial charge is 0.383 e. The Bertz CT molecular complexity index is 506. The zero-order chi connectivity index (χ0) is 14.3. The fraction of sp³-hybridized carbons (Fsp3) is 0.500. The van der Waals surface area contributed by atoms with Crippen molar-refractivity contribution in [3.05, 3.63) is 24.0 Å². The van der Waals surface area contributed by atoms with Crippen molar-refractivity contribution in [3.63, 3.8) is 0 Å². The number of methoxy groups -OCH3 is 1. The lowest BCUT2D eigenvalue weighted by Gasteiger charge is -2.09. The summed E-state index contributed by atoms with van der Waals surface area (Å²) in [6.45, 7) is 2.56. The Morgan fingerprint density at radius 2 is 2.00 bits per heavy atom. The van der Waals surface area contributed by atoms with Gasteiger partial charge < -0.3 is 15.4 Å². The molecule has 0 atom stereocenters. The first-order valence-corrected chi connectivity index (χ1v) is 7.77. The normalized spacial score (nSPS) is 11.5. The molecule has 0 aliphatic heterocycles. The third kappa shape index (κ3) is 5.54. The van der Waals surface area contributed by atoms with Gasteiger partial charge in [-0.15, -0.1) is 0 Å². The molecular weight excluding hydrogens is 271 g/mol. The van der Waals surface area contributed by atoms with Crippen molar-refractivity contribution >= 4 is 15.5 Å².